The van der Waals surface area contributed by atoms with Gasteiger partial charge in [-0.05, 0) is 44.9 Å². The summed E-state index contributed by atoms with van der Waals surface area (Å²) in [5, 5.41) is 1.60. The molecule has 0 heterocycles. The Morgan fingerprint density at radius 2 is 2.00 bits per heavy atom. The van der Waals surface area contributed by atoms with E-state index in [0.717, 1.165) is 11.3 Å². The molecule has 0 radical (unpaired) electrons. The van der Waals surface area contributed by atoms with E-state index in [9.17, 15) is 4.79 Å². The van der Waals surface area contributed by atoms with E-state index >= 15 is 0 Å². The van der Waals surface area contributed by atoms with Crippen LogP contribution in [0.3, 0.4) is 0 Å². The Labute approximate surface area is 115 Å². The van der Waals surface area contributed by atoms with Gasteiger partial charge in [0.2, 0.25) is 0 Å². The summed E-state index contributed by atoms with van der Waals surface area (Å²) in [4.78, 5) is 16.8. The van der Waals surface area contributed by atoms with Gasteiger partial charge in [-0.15, -0.1) is 12.4 Å². The third-order valence-electron chi connectivity index (χ3n) is 2.67. The third kappa shape index (κ3) is 3.77. The Balaban J connectivity index is 0.00000289. The number of carbonyl (C=O) groups excluding carboxylic acids is 1. The highest BCUT2D eigenvalue weighted by molar-refractivity contribution is 5.87. The van der Waals surface area contributed by atoms with Crippen LogP contribution in [0.15, 0.2) is 30.4 Å². The quantitative estimate of drug-likeness (QED) is 0.618. The minimum atomic E-state index is -0.396. The molecule has 0 saturated carbocycles. The summed E-state index contributed by atoms with van der Waals surface area (Å²) < 4.78 is 0. The first kappa shape index (κ1) is 16.5. The highest BCUT2D eigenvalue weighted by Crippen LogP contribution is 2.23. The Morgan fingerprint density at radius 1 is 1.39 bits per heavy atom. The van der Waals surface area contributed by atoms with E-state index in [-0.39, 0.29) is 12.4 Å². The molecule has 0 aliphatic heterocycles. The molecule has 0 N–H and O–H groups in total. The Hall–Kier alpha value is -1.48. The topological polar surface area (TPSA) is 29.5 Å². The summed E-state index contributed by atoms with van der Waals surface area (Å²) >= 11 is 0. The van der Waals surface area contributed by atoms with Crippen molar-refractivity contribution in [1.82, 2.24) is 0 Å². The van der Waals surface area contributed by atoms with Crippen molar-refractivity contribution >= 4 is 24.1 Å². The molecule has 0 aliphatic carbocycles. The molecule has 0 atom stereocenters. The van der Waals surface area contributed by atoms with Gasteiger partial charge in [-0.2, -0.15) is 0 Å². The minimum Gasteiger partial charge on any atom is -0.336 e. The van der Waals surface area contributed by atoms with E-state index in [4.69, 9.17) is 4.84 Å². The predicted octanol–water partition coefficient (Wildman–Crippen LogP) is 3.59. The first-order valence-electron chi connectivity index (χ1n) is 5.69. The van der Waals surface area contributed by atoms with Crippen LogP contribution in [0.2, 0.25) is 0 Å². The zero-order valence-electron chi connectivity index (χ0n) is 11.3. The number of hydrogen-bond acceptors (Lipinski definition) is 3. The second-order valence-corrected chi connectivity index (χ2v) is 4.07. The fourth-order valence-electron chi connectivity index (χ4n) is 1.47. The van der Waals surface area contributed by atoms with Gasteiger partial charge in [0.15, 0.2) is 0 Å². The predicted molar refractivity (Wildman–Crippen MR) is 77.1 cm³/mol. The smallest absolute Gasteiger partial charge is 0.336 e. The lowest BCUT2D eigenvalue weighted by Crippen LogP contribution is -2.27. The van der Waals surface area contributed by atoms with Gasteiger partial charge in [0.1, 0.15) is 0 Å². The van der Waals surface area contributed by atoms with Crippen LogP contribution in [0.4, 0.5) is 5.69 Å². The number of halogens is 1. The fourth-order valence-corrected chi connectivity index (χ4v) is 1.47. The molecule has 0 amide bonds. The lowest BCUT2D eigenvalue weighted by Gasteiger charge is -2.23. The Bertz CT molecular complexity index is 443. The molecule has 0 aliphatic rings. The SMILES string of the molecule is C=C(C)C(=O)ON(CC)c1cccc(C)c1C.Cl. The monoisotopic (exact) mass is 269 g/mol. The van der Waals surface area contributed by atoms with Gasteiger partial charge in [-0.1, -0.05) is 18.7 Å². The van der Waals surface area contributed by atoms with Crippen LogP contribution < -0.4 is 5.06 Å². The van der Waals surface area contributed by atoms with Crippen molar-refractivity contribution in [3.63, 3.8) is 0 Å². The zero-order chi connectivity index (χ0) is 13.0. The lowest BCUT2D eigenvalue weighted by atomic mass is 10.1. The number of anilines is 1. The molecule has 3 nitrogen and oxygen atoms in total. The molecule has 0 unspecified atom stereocenters. The van der Waals surface area contributed by atoms with Crippen LogP contribution in [0.25, 0.3) is 0 Å². The molecule has 18 heavy (non-hydrogen) atoms. The molecule has 0 fully saturated rings. The molecule has 0 saturated heterocycles. The summed E-state index contributed by atoms with van der Waals surface area (Å²) in [5.41, 5.74) is 3.60. The number of hydrogen-bond donors (Lipinski definition) is 0. The highest BCUT2D eigenvalue weighted by atomic mass is 35.5. The van der Waals surface area contributed by atoms with Crippen LogP contribution >= 0.6 is 12.4 Å². The molecule has 1 aromatic rings. The largest absolute Gasteiger partial charge is 0.358 e. The van der Waals surface area contributed by atoms with E-state index in [1.807, 2.05) is 39.0 Å². The lowest BCUT2D eigenvalue weighted by molar-refractivity contribution is -0.140. The molecule has 1 rings (SSSR count). The van der Waals surface area contributed by atoms with Crippen LogP contribution in [0.1, 0.15) is 25.0 Å². The van der Waals surface area contributed by atoms with E-state index in [1.165, 1.54) is 5.56 Å². The van der Waals surface area contributed by atoms with Crippen molar-refractivity contribution in [2.45, 2.75) is 27.7 Å². The number of nitrogens with zero attached hydrogens (tertiary/aromatic N) is 1. The van der Waals surface area contributed by atoms with Crippen LogP contribution in [-0.2, 0) is 9.63 Å². The van der Waals surface area contributed by atoms with Gasteiger partial charge in [0.25, 0.3) is 0 Å². The van der Waals surface area contributed by atoms with E-state index in [0.29, 0.717) is 12.1 Å². The summed E-state index contributed by atoms with van der Waals surface area (Å²) in [6.07, 6.45) is 0. The summed E-state index contributed by atoms with van der Waals surface area (Å²) in [7, 11) is 0. The second kappa shape index (κ2) is 7.07. The molecule has 0 bridgehead atoms. The molecule has 1 aromatic carbocycles. The molecule has 4 heteroatoms. The second-order valence-electron chi connectivity index (χ2n) is 4.07. The van der Waals surface area contributed by atoms with E-state index in [1.54, 1.807) is 12.0 Å². The van der Waals surface area contributed by atoms with Crippen molar-refractivity contribution in [3.8, 4) is 0 Å². The number of aryl methyl sites for hydroxylation is 1. The van der Waals surface area contributed by atoms with E-state index < -0.39 is 5.97 Å². The van der Waals surface area contributed by atoms with Crippen LogP contribution in [-0.4, -0.2) is 12.5 Å². The van der Waals surface area contributed by atoms with Gasteiger partial charge < -0.3 is 4.84 Å². The van der Waals surface area contributed by atoms with Gasteiger partial charge in [0.05, 0.1) is 12.2 Å². The average molecular weight is 270 g/mol. The summed E-state index contributed by atoms with van der Waals surface area (Å²) in [6, 6.07) is 5.93. The van der Waals surface area contributed by atoms with Gasteiger partial charge in [-0.25, -0.2) is 9.86 Å². The Morgan fingerprint density at radius 3 is 2.50 bits per heavy atom. The Kier molecular flexibility index (Phi) is 6.48. The fraction of sp³-hybridized carbons (Fsp3) is 0.357. The minimum absolute atomic E-state index is 0. The number of hydroxylamine groups is 1. The number of rotatable bonds is 4. The standard InChI is InChI=1S/C14H19NO2.ClH/c1-6-15(17-14(16)10(2)3)13-9-7-8-11(4)12(13)5;/h7-9H,2,6H2,1,3-5H3;1H. The molecule has 0 spiro atoms. The maximum absolute atomic E-state index is 11.5. The van der Waals surface area contributed by atoms with Crippen LogP contribution in [0, 0.1) is 13.8 Å². The van der Waals surface area contributed by atoms with Gasteiger partial charge in [0, 0.05) is 5.57 Å². The number of carbonyl (C=O) groups is 1. The number of benzene rings is 1. The molecular formula is C14H20ClNO2. The van der Waals surface area contributed by atoms with Crippen molar-refractivity contribution in [3.05, 3.63) is 41.5 Å². The van der Waals surface area contributed by atoms with Crippen molar-refractivity contribution in [2.75, 3.05) is 11.6 Å². The molecule has 0 aromatic heterocycles. The maximum atomic E-state index is 11.5. The van der Waals surface area contributed by atoms with Crippen molar-refractivity contribution in [1.29, 1.82) is 0 Å². The van der Waals surface area contributed by atoms with E-state index in [2.05, 4.69) is 6.58 Å². The van der Waals surface area contributed by atoms with Crippen molar-refractivity contribution in [2.24, 2.45) is 0 Å². The first-order valence-corrected chi connectivity index (χ1v) is 5.69. The summed E-state index contributed by atoms with van der Waals surface area (Å²) in [6.45, 7) is 11.8. The van der Waals surface area contributed by atoms with Crippen molar-refractivity contribution < 1.29 is 9.63 Å². The normalized spacial score (nSPS) is 9.33. The highest BCUT2D eigenvalue weighted by Gasteiger charge is 2.14. The molecule has 100 valence electrons. The van der Waals surface area contributed by atoms with Gasteiger partial charge >= 0.3 is 5.97 Å². The zero-order valence-corrected chi connectivity index (χ0v) is 12.1. The average Bonchev–Trinajstić information content (AvgIpc) is 2.29. The first-order chi connectivity index (χ1) is 7.97. The maximum Gasteiger partial charge on any atom is 0.358 e. The third-order valence-corrected chi connectivity index (χ3v) is 2.67. The summed E-state index contributed by atoms with van der Waals surface area (Å²) in [5.74, 6) is -0.396. The van der Waals surface area contributed by atoms with Gasteiger partial charge in [-0.3, -0.25) is 0 Å². The molecular weight excluding hydrogens is 250 g/mol. The van der Waals surface area contributed by atoms with Crippen LogP contribution in [0.5, 0.6) is 0 Å².